The molecule has 7 heteroatoms. The summed E-state index contributed by atoms with van der Waals surface area (Å²) in [4.78, 5) is 33.8. The topological polar surface area (TPSA) is 95.7 Å². The standard InChI is InChI=1S/C11H11NO6/c1-17-10(13)7-5-3-4-6(9(5)12(15)16)8(7)11(14)18-2/h3-6,9H,1-2H3/t5-,6+,9?. The average molecular weight is 253 g/mol. The Labute approximate surface area is 102 Å². The molecule has 0 saturated heterocycles. The van der Waals surface area contributed by atoms with E-state index in [0.29, 0.717) is 0 Å². The van der Waals surface area contributed by atoms with Crippen LogP contribution in [-0.2, 0) is 19.1 Å². The zero-order valence-electron chi connectivity index (χ0n) is 9.78. The van der Waals surface area contributed by atoms with Crippen molar-refractivity contribution < 1.29 is 24.0 Å². The molecule has 0 spiro atoms. The maximum absolute atomic E-state index is 11.7. The summed E-state index contributed by atoms with van der Waals surface area (Å²) in [6, 6.07) is -1.02. The van der Waals surface area contributed by atoms with E-state index in [0.717, 1.165) is 0 Å². The maximum atomic E-state index is 11.7. The summed E-state index contributed by atoms with van der Waals surface area (Å²) in [5, 5.41) is 11.0. The molecule has 0 saturated carbocycles. The molecule has 0 aromatic carbocycles. The minimum atomic E-state index is -1.02. The van der Waals surface area contributed by atoms with Crippen LogP contribution in [0.3, 0.4) is 0 Å². The first-order valence-electron chi connectivity index (χ1n) is 5.25. The van der Waals surface area contributed by atoms with Gasteiger partial charge in [0, 0.05) is 4.92 Å². The number of carbonyl (C=O) groups is 2. The predicted molar refractivity (Wildman–Crippen MR) is 58.0 cm³/mol. The number of fused-ring (bicyclic) bond motifs is 2. The van der Waals surface area contributed by atoms with E-state index in [1.807, 2.05) is 0 Å². The van der Waals surface area contributed by atoms with E-state index in [9.17, 15) is 19.7 Å². The highest BCUT2D eigenvalue weighted by molar-refractivity contribution is 6.03. The Balaban J connectivity index is 2.49. The molecule has 3 atom stereocenters. The summed E-state index contributed by atoms with van der Waals surface area (Å²) in [5.41, 5.74) is 0.0806. The number of nitrogens with zero attached hydrogens (tertiary/aromatic N) is 1. The minimum Gasteiger partial charge on any atom is -0.466 e. The van der Waals surface area contributed by atoms with Crippen LogP contribution in [0.2, 0.25) is 0 Å². The molecule has 18 heavy (non-hydrogen) atoms. The lowest BCUT2D eigenvalue weighted by atomic mass is 9.97. The zero-order chi connectivity index (χ0) is 13.4. The normalized spacial score (nSPS) is 28.4. The third-order valence-corrected chi connectivity index (χ3v) is 3.27. The van der Waals surface area contributed by atoms with Crippen LogP contribution in [0.15, 0.2) is 23.3 Å². The fraction of sp³-hybridized carbons (Fsp3) is 0.455. The molecule has 0 N–H and O–H groups in total. The monoisotopic (exact) mass is 253 g/mol. The lowest BCUT2D eigenvalue weighted by Gasteiger charge is -2.10. The molecule has 0 radical (unpaired) electrons. The van der Waals surface area contributed by atoms with E-state index in [2.05, 4.69) is 9.47 Å². The van der Waals surface area contributed by atoms with Crippen molar-refractivity contribution in [2.24, 2.45) is 11.8 Å². The first-order chi connectivity index (χ1) is 8.52. The van der Waals surface area contributed by atoms with Gasteiger partial charge in [-0.15, -0.1) is 0 Å². The van der Waals surface area contributed by atoms with Crippen molar-refractivity contribution in [2.45, 2.75) is 6.04 Å². The number of hydrogen-bond donors (Lipinski definition) is 0. The number of carbonyl (C=O) groups excluding carboxylic acids is 2. The summed E-state index contributed by atoms with van der Waals surface area (Å²) >= 11 is 0. The van der Waals surface area contributed by atoms with E-state index >= 15 is 0 Å². The molecule has 2 aliphatic carbocycles. The third kappa shape index (κ3) is 1.51. The number of hydrogen-bond acceptors (Lipinski definition) is 6. The van der Waals surface area contributed by atoms with Gasteiger partial charge >= 0.3 is 11.9 Å². The van der Waals surface area contributed by atoms with Gasteiger partial charge in [-0.3, -0.25) is 10.1 Å². The van der Waals surface area contributed by atoms with Crippen LogP contribution in [0.5, 0.6) is 0 Å². The Morgan fingerprint density at radius 2 is 1.50 bits per heavy atom. The molecule has 1 unspecified atom stereocenters. The van der Waals surface area contributed by atoms with Crippen molar-refractivity contribution in [1.82, 2.24) is 0 Å². The molecule has 7 nitrogen and oxygen atoms in total. The van der Waals surface area contributed by atoms with Crippen LogP contribution in [0.25, 0.3) is 0 Å². The van der Waals surface area contributed by atoms with Crippen LogP contribution < -0.4 is 0 Å². The minimum absolute atomic E-state index is 0.0403. The second-order valence-electron chi connectivity index (χ2n) is 4.02. The Morgan fingerprint density at radius 3 is 1.78 bits per heavy atom. The van der Waals surface area contributed by atoms with Gasteiger partial charge in [-0.05, 0) is 0 Å². The molecule has 2 rings (SSSR count). The average Bonchev–Trinajstić information content (AvgIpc) is 2.91. The van der Waals surface area contributed by atoms with Gasteiger partial charge < -0.3 is 9.47 Å². The molecule has 0 aromatic rings. The van der Waals surface area contributed by atoms with Crippen molar-refractivity contribution in [2.75, 3.05) is 14.2 Å². The van der Waals surface area contributed by atoms with Gasteiger partial charge in [-0.2, -0.15) is 0 Å². The highest BCUT2D eigenvalue weighted by Crippen LogP contribution is 2.46. The van der Waals surface area contributed by atoms with Gasteiger partial charge in [0.05, 0.1) is 37.2 Å². The van der Waals surface area contributed by atoms with Gasteiger partial charge in [0.15, 0.2) is 0 Å². The van der Waals surface area contributed by atoms with Crippen LogP contribution >= 0.6 is 0 Å². The first-order valence-corrected chi connectivity index (χ1v) is 5.25. The lowest BCUT2D eigenvalue weighted by molar-refractivity contribution is -0.529. The number of esters is 2. The summed E-state index contributed by atoms with van der Waals surface area (Å²) < 4.78 is 9.16. The fourth-order valence-electron chi connectivity index (χ4n) is 2.56. The van der Waals surface area contributed by atoms with Crippen molar-refractivity contribution in [1.29, 1.82) is 0 Å². The van der Waals surface area contributed by atoms with Crippen LogP contribution in [0, 0.1) is 22.0 Å². The van der Waals surface area contributed by atoms with E-state index in [-0.39, 0.29) is 11.1 Å². The largest absolute Gasteiger partial charge is 0.466 e. The Kier molecular flexibility index (Phi) is 2.90. The molecule has 2 bridgehead atoms. The zero-order valence-corrected chi connectivity index (χ0v) is 9.78. The van der Waals surface area contributed by atoms with Crippen LogP contribution in [0.4, 0.5) is 0 Å². The van der Waals surface area contributed by atoms with Crippen molar-refractivity contribution >= 4 is 11.9 Å². The number of nitro groups is 1. The van der Waals surface area contributed by atoms with E-state index in [1.54, 1.807) is 12.2 Å². The molecular weight excluding hydrogens is 242 g/mol. The van der Waals surface area contributed by atoms with Gasteiger partial charge in [-0.25, -0.2) is 9.59 Å². The molecule has 0 aromatic heterocycles. The van der Waals surface area contributed by atoms with Gasteiger partial charge in [-0.1, -0.05) is 12.2 Å². The highest BCUT2D eigenvalue weighted by Gasteiger charge is 2.56. The molecular formula is C11H11NO6. The van der Waals surface area contributed by atoms with Crippen molar-refractivity contribution in [3.8, 4) is 0 Å². The van der Waals surface area contributed by atoms with E-state index < -0.39 is 34.7 Å². The van der Waals surface area contributed by atoms with Crippen LogP contribution in [0.1, 0.15) is 0 Å². The quantitative estimate of drug-likeness (QED) is 0.306. The molecule has 2 aliphatic rings. The molecule has 96 valence electrons. The van der Waals surface area contributed by atoms with Gasteiger partial charge in [0.1, 0.15) is 0 Å². The summed E-state index contributed by atoms with van der Waals surface area (Å²) in [5.74, 6) is -2.88. The molecule has 0 amide bonds. The van der Waals surface area contributed by atoms with Crippen molar-refractivity contribution in [3.05, 3.63) is 33.4 Å². The Bertz CT molecular complexity index is 456. The fourth-order valence-corrected chi connectivity index (χ4v) is 2.56. The summed E-state index contributed by atoms with van der Waals surface area (Å²) in [6.45, 7) is 0. The van der Waals surface area contributed by atoms with E-state index in [1.165, 1.54) is 14.2 Å². The first kappa shape index (κ1) is 12.3. The lowest BCUT2D eigenvalue weighted by Crippen LogP contribution is -2.28. The van der Waals surface area contributed by atoms with Gasteiger partial charge in [0.25, 0.3) is 0 Å². The molecule has 0 heterocycles. The maximum Gasteiger partial charge on any atom is 0.335 e. The van der Waals surface area contributed by atoms with Crippen LogP contribution in [-0.4, -0.2) is 37.1 Å². The number of ether oxygens (including phenoxy) is 2. The Morgan fingerprint density at radius 1 is 1.11 bits per heavy atom. The summed E-state index contributed by atoms with van der Waals surface area (Å²) in [7, 11) is 2.34. The molecule has 0 aliphatic heterocycles. The number of rotatable bonds is 3. The predicted octanol–water partition coefficient (Wildman–Crippen LogP) is 0.0901. The number of methoxy groups -OCH3 is 2. The Hall–Kier alpha value is -2.18. The van der Waals surface area contributed by atoms with Gasteiger partial charge in [0.2, 0.25) is 6.04 Å². The third-order valence-electron chi connectivity index (χ3n) is 3.27. The second-order valence-corrected chi connectivity index (χ2v) is 4.02. The van der Waals surface area contributed by atoms with E-state index in [4.69, 9.17) is 0 Å². The summed E-state index contributed by atoms with van der Waals surface area (Å²) in [6.07, 6.45) is 3.13. The molecule has 0 fully saturated rings. The second kappa shape index (κ2) is 4.25. The SMILES string of the molecule is COC(=O)C1=C(C(=O)OC)[C@@H]2C=C[C@H]1C2[N+](=O)[O-]. The smallest absolute Gasteiger partial charge is 0.335 e. The van der Waals surface area contributed by atoms with Crippen molar-refractivity contribution in [3.63, 3.8) is 0 Å². The highest BCUT2D eigenvalue weighted by atomic mass is 16.6.